The molecule has 0 aliphatic carbocycles. The van der Waals surface area contributed by atoms with Crippen molar-refractivity contribution in [3.63, 3.8) is 0 Å². The third-order valence-electron chi connectivity index (χ3n) is 3.03. The molecule has 102 valence electrons. The highest BCUT2D eigenvalue weighted by atomic mass is 14.8. The summed E-state index contributed by atoms with van der Waals surface area (Å²) >= 11 is 0. The maximum Gasteiger partial charge on any atom is 0.0894 e. The fourth-order valence-electron chi connectivity index (χ4n) is 1.93. The number of unbranched alkanes of at least 4 members (excludes halogenated alkanes) is 1. The molecule has 0 aliphatic rings. The predicted molar refractivity (Wildman–Crippen MR) is 86.4 cm³/mol. The molecule has 1 aromatic carbocycles. The maximum atomic E-state index is 4.66. The third-order valence-corrected chi connectivity index (χ3v) is 3.03. The average Bonchev–Trinajstić information content (AvgIpc) is 2.50. The van der Waals surface area contributed by atoms with E-state index in [0.717, 1.165) is 28.7 Å². The Kier molecular flexibility index (Phi) is 5.24. The second kappa shape index (κ2) is 7.39. The van der Waals surface area contributed by atoms with Crippen LogP contribution in [0.15, 0.2) is 60.8 Å². The first-order valence-corrected chi connectivity index (χ1v) is 7.07. The average molecular weight is 264 g/mol. The van der Waals surface area contributed by atoms with Gasteiger partial charge in [0.05, 0.1) is 22.9 Å². The molecule has 0 spiro atoms. The molecule has 20 heavy (non-hydrogen) atoms. The number of aromatic nitrogens is 2. The normalized spacial score (nSPS) is 12.8. The molecule has 0 saturated carbocycles. The molecule has 2 rings (SSSR count). The monoisotopic (exact) mass is 264 g/mol. The van der Waals surface area contributed by atoms with E-state index in [2.05, 4.69) is 47.3 Å². The van der Waals surface area contributed by atoms with Crippen LogP contribution < -0.4 is 0 Å². The van der Waals surface area contributed by atoms with Crippen molar-refractivity contribution < 1.29 is 0 Å². The zero-order valence-corrected chi connectivity index (χ0v) is 12.1. The lowest BCUT2D eigenvalue weighted by atomic mass is 10.1. The molecule has 0 N–H and O–H groups in total. The van der Waals surface area contributed by atoms with Gasteiger partial charge in [-0.2, -0.15) is 0 Å². The van der Waals surface area contributed by atoms with Crippen LogP contribution in [0.5, 0.6) is 0 Å². The van der Waals surface area contributed by atoms with Gasteiger partial charge in [0, 0.05) is 0 Å². The number of fused-ring (bicyclic) bond motifs is 1. The Morgan fingerprint density at radius 2 is 1.95 bits per heavy atom. The largest absolute Gasteiger partial charge is 0.252 e. The molecule has 0 unspecified atom stereocenters. The quantitative estimate of drug-likeness (QED) is 0.714. The lowest BCUT2D eigenvalue weighted by molar-refractivity contribution is 0.959. The Morgan fingerprint density at radius 3 is 2.70 bits per heavy atom. The summed E-state index contributed by atoms with van der Waals surface area (Å²) in [5.74, 6) is 0. The highest BCUT2D eigenvalue weighted by Gasteiger charge is 2.01. The van der Waals surface area contributed by atoms with Crippen LogP contribution in [0, 0.1) is 0 Å². The van der Waals surface area contributed by atoms with Crippen LogP contribution in [0.2, 0.25) is 0 Å². The molecule has 2 heteroatoms. The zero-order valence-electron chi connectivity index (χ0n) is 12.1. The minimum absolute atomic E-state index is 0.909. The molecule has 0 saturated heterocycles. The van der Waals surface area contributed by atoms with E-state index in [1.54, 1.807) is 0 Å². The van der Waals surface area contributed by atoms with E-state index in [0.29, 0.717) is 0 Å². The summed E-state index contributed by atoms with van der Waals surface area (Å²) in [6.07, 6.45) is 14.6. The minimum atomic E-state index is 0.909. The summed E-state index contributed by atoms with van der Waals surface area (Å²) in [6.45, 7) is 4.20. The van der Waals surface area contributed by atoms with Gasteiger partial charge in [-0.05, 0) is 31.1 Å². The molecule has 2 nitrogen and oxygen atoms in total. The van der Waals surface area contributed by atoms with Crippen molar-refractivity contribution in [1.29, 1.82) is 0 Å². The van der Waals surface area contributed by atoms with E-state index in [9.17, 15) is 0 Å². The molecular weight excluding hydrogens is 244 g/mol. The van der Waals surface area contributed by atoms with Crippen molar-refractivity contribution in [3.05, 3.63) is 66.5 Å². The van der Waals surface area contributed by atoms with Crippen LogP contribution in [0.1, 0.15) is 32.4 Å². The first kappa shape index (κ1) is 14.2. The number of rotatable bonds is 5. The van der Waals surface area contributed by atoms with Gasteiger partial charge in [-0.1, -0.05) is 55.9 Å². The van der Waals surface area contributed by atoms with Gasteiger partial charge < -0.3 is 0 Å². The highest BCUT2D eigenvalue weighted by molar-refractivity contribution is 5.78. The number of hydrogen-bond donors (Lipinski definition) is 0. The van der Waals surface area contributed by atoms with E-state index >= 15 is 0 Å². The summed E-state index contributed by atoms with van der Waals surface area (Å²) in [5, 5.41) is 0. The Hall–Kier alpha value is -2.22. The molecule has 0 amide bonds. The topological polar surface area (TPSA) is 25.8 Å². The number of allylic oxidation sites excluding steroid dienone is 6. The summed E-state index contributed by atoms with van der Waals surface area (Å²) in [6, 6.07) is 7.93. The van der Waals surface area contributed by atoms with Crippen molar-refractivity contribution >= 4 is 16.6 Å². The molecule has 1 heterocycles. The Bertz CT molecular complexity index is 651. The smallest absolute Gasteiger partial charge is 0.0894 e. The summed E-state index contributed by atoms with van der Waals surface area (Å²) in [4.78, 5) is 9.11. The van der Waals surface area contributed by atoms with Crippen LogP contribution in [-0.4, -0.2) is 9.97 Å². The van der Waals surface area contributed by atoms with Crippen LogP contribution >= 0.6 is 0 Å². The van der Waals surface area contributed by atoms with Crippen molar-refractivity contribution in [2.45, 2.75) is 26.7 Å². The first-order valence-electron chi connectivity index (χ1n) is 7.07. The lowest BCUT2D eigenvalue weighted by Gasteiger charge is -2.02. The second-order valence-corrected chi connectivity index (χ2v) is 4.56. The van der Waals surface area contributed by atoms with E-state index in [-0.39, 0.29) is 0 Å². The van der Waals surface area contributed by atoms with Gasteiger partial charge in [-0.3, -0.25) is 4.98 Å². The highest BCUT2D eigenvalue weighted by Crippen LogP contribution is 2.16. The molecule has 2 aromatic rings. The summed E-state index contributed by atoms with van der Waals surface area (Å²) in [7, 11) is 0. The molecule has 0 fully saturated rings. The summed E-state index contributed by atoms with van der Waals surface area (Å²) in [5.41, 5.74) is 3.86. The van der Waals surface area contributed by atoms with E-state index in [1.165, 1.54) is 6.42 Å². The van der Waals surface area contributed by atoms with Crippen LogP contribution in [-0.2, 0) is 0 Å². The van der Waals surface area contributed by atoms with Gasteiger partial charge >= 0.3 is 0 Å². The van der Waals surface area contributed by atoms with Gasteiger partial charge in [0.1, 0.15) is 0 Å². The summed E-state index contributed by atoms with van der Waals surface area (Å²) < 4.78 is 0. The molecule has 1 aromatic heterocycles. The fraction of sp³-hybridized carbons (Fsp3) is 0.222. The van der Waals surface area contributed by atoms with Crippen LogP contribution in [0.4, 0.5) is 0 Å². The van der Waals surface area contributed by atoms with Crippen molar-refractivity contribution in [3.8, 4) is 0 Å². The predicted octanol–water partition coefficient (Wildman–Crippen LogP) is 4.95. The fourth-order valence-corrected chi connectivity index (χ4v) is 1.93. The molecule has 0 atom stereocenters. The SMILES string of the molecule is CC=C(C=CC=CCCC)c1cnc2ccccc2n1. The third kappa shape index (κ3) is 3.64. The lowest BCUT2D eigenvalue weighted by Crippen LogP contribution is -1.90. The van der Waals surface area contributed by atoms with Gasteiger partial charge in [0.15, 0.2) is 0 Å². The zero-order chi connectivity index (χ0) is 14.2. The first-order chi connectivity index (χ1) is 9.85. The number of nitrogens with zero attached hydrogens (tertiary/aromatic N) is 2. The van der Waals surface area contributed by atoms with Gasteiger partial charge in [-0.25, -0.2) is 4.98 Å². The number of benzene rings is 1. The standard InChI is InChI=1S/C18H20N2/c1-3-5-6-7-8-11-15(4-2)18-14-19-16-12-9-10-13-17(16)20-18/h4,6-14H,3,5H2,1-2H3. The van der Waals surface area contributed by atoms with Gasteiger partial charge in [0.25, 0.3) is 0 Å². The van der Waals surface area contributed by atoms with E-state index < -0.39 is 0 Å². The molecule has 0 bridgehead atoms. The maximum absolute atomic E-state index is 4.66. The number of para-hydroxylation sites is 2. The van der Waals surface area contributed by atoms with Crippen molar-refractivity contribution in [2.24, 2.45) is 0 Å². The van der Waals surface area contributed by atoms with Crippen LogP contribution in [0.25, 0.3) is 16.6 Å². The van der Waals surface area contributed by atoms with Crippen LogP contribution in [0.3, 0.4) is 0 Å². The number of hydrogen-bond acceptors (Lipinski definition) is 2. The molecular formula is C18H20N2. The van der Waals surface area contributed by atoms with E-state index in [4.69, 9.17) is 0 Å². The second-order valence-electron chi connectivity index (χ2n) is 4.56. The molecule has 0 aliphatic heterocycles. The Morgan fingerprint density at radius 1 is 1.15 bits per heavy atom. The Labute approximate surface area is 120 Å². The van der Waals surface area contributed by atoms with Crippen molar-refractivity contribution in [1.82, 2.24) is 9.97 Å². The Balaban J connectivity index is 2.21. The van der Waals surface area contributed by atoms with Crippen molar-refractivity contribution in [2.75, 3.05) is 0 Å². The molecule has 0 radical (unpaired) electrons. The van der Waals surface area contributed by atoms with E-state index in [1.807, 2.05) is 37.4 Å². The minimum Gasteiger partial charge on any atom is -0.252 e. The van der Waals surface area contributed by atoms with Gasteiger partial charge in [-0.15, -0.1) is 0 Å². The van der Waals surface area contributed by atoms with Gasteiger partial charge in [0.2, 0.25) is 0 Å².